The van der Waals surface area contributed by atoms with E-state index in [4.69, 9.17) is 9.84 Å². The lowest BCUT2D eigenvalue weighted by Crippen LogP contribution is -2.05. The minimum absolute atomic E-state index is 0.326. The zero-order chi connectivity index (χ0) is 12.1. The monoisotopic (exact) mass is 226 g/mol. The number of ether oxygens (including phenoxy) is 1. The van der Waals surface area contributed by atoms with Gasteiger partial charge in [-0.25, -0.2) is 4.79 Å². The number of aromatic carboxylic acids is 1. The highest BCUT2D eigenvalue weighted by Gasteiger charge is 2.16. The molecule has 0 radical (unpaired) electrons. The third-order valence-corrected chi connectivity index (χ3v) is 2.56. The largest absolute Gasteiger partial charge is 0.478 e. The SMILES string of the molecule is COCCCCn1nc(C)c(C(=O)O)c1C. The van der Waals surface area contributed by atoms with Crippen molar-refractivity contribution in [2.24, 2.45) is 0 Å². The molecule has 0 aliphatic rings. The number of carboxylic acid groups (broad SMARTS) is 1. The average Bonchev–Trinajstić information content (AvgIpc) is 2.49. The fraction of sp³-hybridized carbons (Fsp3) is 0.636. The number of hydrogen-bond donors (Lipinski definition) is 1. The summed E-state index contributed by atoms with van der Waals surface area (Å²) >= 11 is 0. The summed E-state index contributed by atoms with van der Waals surface area (Å²) in [6.07, 6.45) is 1.89. The van der Waals surface area contributed by atoms with Gasteiger partial charge in [-0.05, 0) is 26.7 Å². The second kappa shape index (κ2) is 5.65. The maximum absolute atomic E-state index is 11.0. The molecule has 16 heavy (non-hydrogen) atoms. The Bertz CT molecular complexity index is 372. The molecule has 1 heterocycles. The molecular weight excluding hydrogens is 208 g/mol. The Balaban J connectivity index is 2.67. The van der Waals surface area contributed by atoms with E-state index in [0.717, 1.165) is 31.7 Å². The van der Waals surface area contributed by atoms with Gasteiger partial charge < -0.3 is 9.84 Å². The maximum atomic E-state index is 11.0. The number of carbonyl (C=O) groups is 1. The smallest absolute Gasteiger partial charge is 0.339 e. The first-order valence-electron chi connectivity index (χ1n) is 5.34. The highest BCUT2D eigenvalue weighted by Crippen LogP contribution is 2.13. The van der Waals surface area contributed by atoms with Gasteiger partial charge in [0.25, 0.3) is 0 Å². The molecule has 5 nitrogen and oxygen atoms in total. The number of nitrogens with zero attached hydrogens (tertiary/aromatic N) is 2. The Hall–Kier alpha value is -1.36. The number of unbranched alkanes of at least 4 members (excludes halogenated alkanes) is 1. The lowest BCUT2D eigenvalue weighted by atomic mass is 10.2. The molecule has 0 amide bonds. The molecule has 0 unspecified atom stereocenters. The first kappa shape index (κ1) is 12.7. The standard InChI is InChI=1S/C11H18N2O3/c1-8-10(11(14)15)9(2)13(12-8)6-4-5-7-16-3/h4-7H2,1-3H3,(H,14,15). The molecule has 5 heteroatoms. The normalized spacial score (nSPS) is 10.7. The van der Waals surface area contributed by atoms with Gasteiger partial charge in [0.2, 0.25) is 0 Å². The van der Waals surface area contributed by atoms with Crippen LogP contribution in [0.5, 0.6) is 0 Å². The van der Waals surface area contributed by atoms with Gasteiger partial charge >= 0.3 is 5.97 Å². The number of hydrogen-bond acceptors (Lipinski definition) is 3. The van der Waals surface area contributed by atoms with Gasteiger partial charge in [-0.2, -0.15) is 5.10 Å². The Morgan fingerprint density at radius 3 is 2.62 bits per heavy atom. The van der Waals surface area contributed by atoms with Crippen LogP contribution in [0.4, 0.5) is 0 Å². The van der Waals surface area contributed by atoms with E-state index in [1.165, 1.54) is 0 Å². The molecule has 0 atom stereocenters. The highest BCUT2D eigenvalue weighted by molar-refractivity contribution is 5.90. The molecule has 1 N–H and O–H groups in total. The van der Waals surface area contributed by atoms with E-state index in [9.17, 15) is 4.79 Å². The summed E-state index contributed by atoms with van der Waals surface area (Å²) in [4.78, 5) is 11.0. The molecule has 0 bridgehead atoms. The van der Waals surface area contributed by atoms with Crippen molar-refractivity contribution in [2.75, 3.05) is 13.7 Å². The second-order valence-electron chi connectivity index (χ2n) is 3.77. The summed E-state index contributed by atoms with van der Waals surface area (Å²) in [5.74, 6) is -0.904. The minimum Gasteiger partial charge on any atom is -0.478 e. The fourth-order valence-electron chi connectivity index (χ4n) is 1.73. The molecule has 0 aliphatic heterocycles. The van der Waals surface area contributed by atoms with Gasteiger partial charge in [-0.3, -0.25) is 4.68 Å². The third-order valence-electron chi connectivity index (χ3n) is 2.56. The van der Waals surface area contributed by atoms with Crippen molar-refractivity contribution >= 4 is 5.97 Å². The van der Waals surface area contributed by atoms with Crippen LogP contribution in [0.25, 0.3) is 0 Å². The van der Waals surface area contributed by atoms with E-state index in [2.05, 4.69) is 5.10 Å². The van der Waals surface area contributed by atoms with Gasteiger partial charge in [-0.1, -0.05) is 0 Å². The van der Waals surface area contributed by atoms with Crippen molar-refractivity contribution in [1.29, 1.82) is 0 Å². The molecule has 0 saturated carbocycles. The zero-order valence-corrected chi connectivity index (χ0v) is 9.99. The van der Waals surface area contributed by atoms with E-state index in [-0.39, 0.29) is 0 Å². The van der Waals surface area contributed by atoms with Crippen molar-refractivity contribution in [3.63, 3.8) is 0 Å². The molecule has 0 aliphatic carbocycles. The van der Waals surface area contributed by atoms with Crippen LogP contribution >= 0.6 is 0 Å². The van der Waals surface area contributed by atoms with E-state index in [1.807, 2.05) is 0 Å². The van der Waals surface area contributed by atoms with Crippen LogP contribution in [0, 0.1) is 13.8 Å². The first-order chi connectivity index (χ1) is 7.57. The molecule has 0 fully saturated rings. The summed E-state index contributed by atoms with van der Waals surface area (Å²) < 4.78 is 6.71. The number of rotatable bonds is 6. The van der Waals surface area contributed by atoms with Crippen molar-refractivity contribution in [1.82, 2.24) is 9.78 Å². The van der Waals surface area contributed by atoms with E-state index in [1.54, 1.807) is 25.6 Å². The molecule has 0 spiro atoms. The van der Waals surface area contributed by atoms with Crippen molar-refractivity contribution in [2.45, 2.75) is 33.2 Å². The number of aromatic nitrogens is 2. The fourth-order valence-corrected chi connectivity index (χ4v) is 1.73. The average molecular weight is 226 g/mol. The minimum atomic E-state index is -0.904. The van der Waals surface area contributed by atoms with Gasteiger partial charge in [0.1, 0.15) is 5.56 Å². The molecule has 1 rings (SSSR count). The highest BCUT2D eigenvalue weighted by atomic mass is 16.5. The van der Waals surface area contributed by atoms with Crippen LogP contribution in [-0.2, 0) is 11.3 Å². The van der Waals surface area contributed by atoms with Gasteiger partial charge in [0.15, 0.2) is 0 Å². The lowest BCUT2D eigenvalue weighted by Gasteiger charge is -2.04. The van der Waals surface area contributed by atoms with Gasteiger partial charge in [0.05, 0.1) is 11.4 Å². The number of methoxy groups -OCH3 is 1. The summed E-state index contributed by atoms with van der Waals surface area (Å²) in [5, 5.41) is 13.2. The molecule has 90 valence electrons. The predicted octanol–water partition coefficient (Wildman–Crippen LogP) is 1.62. The summed E-state index contributed by atoms with van der Waals surface area (Å²) in [6, 6.07) is 0. The van der Waals surface area contributed by atoms with E-state index in [0.29, 0.717) is 11.3 Å². The van der Waals surface area contributed by atoms with E-state index >= 15 is 0 Å². The number of carboxylic acids is 1. The molecular formula is C11H18N2O3. The lowest BCUT2D eigenvalue weighted by molar-refractivity contribution is 0.0695. The Morgan fingerprint density at radius 1 is 1.44 bits per heavy atom. The second-order valence-corrected chi connectivity index (χ2v) is 3.77. The molecule has 1 aromatic rings. The van der Waals surface area contributed by atoms with Crippen molar-refractivity contribution < 1.29 is 14.6 Å². The Kier molecular flexibility index (Phi) is 4.49. The van der Waals surface area contributed by atoms with Gasteiger partial charge in [0, 0.05) is 20.3 Å². The zero-order valence-electron chi connectivity index (χ0n) is 9.99. The third kappa shape index (κ3) is 2.82. The van der Waals surface area contributed by atoms with Gasteiger partial charge in [-0.15, -0.1) is 0 Å². The van der Waals surface area contributed by atoms with Crippen LogP contribution in [-0.4, -0.2) is 34.6 Å². The molecule has 0 aromatic carbocycles. The van der Waals surface area contributed by atoms with Crippen LogP contribution in [0.15, 0.2) is 0 Å². The molecule has 0 saturated heterocycles. The van der Waals surface area contributed by atoms with Crippen LogP contribution < -0.4 is 0 Å². The van der Waals surface area contributed by atoms with Crippen molar-refractivity contribution in [3.05, 3.63) is 17.0 Å². The van der Waals surface area contributed by atoms with Crippen molar-refractivity contribution in [3.8, 4) is 0 Å². The van der Waals surface area contributed by atoms with Crippen LogP contribution in [0.3, 0.4) is 0 Å². The summed E-state index contributed by atoms with van der Waals surface area (Å²) in [7, 11) is 1.67. The first-order valence-corrected chi connectivity index (χ1v) is 5.34. The quantitative estimate of drug-likeness (QED) is 0.749. The maximum Gasteiger partial charge on any atom is 0.339 e. The van der Waals surface area contributed by atoms with E-state index < -0.39 is 5.97 Å². The number of aryl methyl sites for hydroxylation is 2. The molecule has 1 aromatic heterocycles. The van der Waals surface area contributed by atoms with Crippen LogP contribution in [0.1, 0.15) is 34.6 Å². The predicted molar refractivity (Wildman–Crippen MR) is 59.8 cm³/mol. The Morgan fingerprint density at radius 2 is 2.12 bits per heavy atom. The summed E-state index contributed by atoms with van der Waals surface area (Å²) in [6.45, 7) is 4.98. The Labute approximate surface area is 95.0 Å². The summed E-state index contributed by atoms with van der Waals surface area (Å²) in [5.41, 5.74) is 1.63. The topological polar surface area (TPSA) is 64.4 Å². The van der Waals surface area contributed by atoms with Crippen LogP contribution in [0.2, 0.25) is 0 Å².